The first-order valence-electron chi connectivity index (χ1n) is 8.38. The number of anilines is 1. The quantitative estimate of drug-likeness (QED) is 0.436. The summed E-state index contributed by atoms with van der Waals surface area (Å²) in [4.78, 5) is 35.9. The van der Waals surface area contributed by atoms with Gasteiger partial charge in [0.2, 0.25) is 0 Å². The number of rotatable bonds is 7. The fourth-order valence-electron chi connectivity index (χ4n) is 2.31. The van der Waals surface area contributed by atoms with E-state index >= 15 is 0 Å². The number of hydrogen-bond acceptors (Lipinski definition) is 7. The predicted octanol–water partition coefficient (Wildman–Crippen LogP) is 2.57. The molecule has 0 saturated heterocycles. The zero-order valence-corrected chi connectivity index (χ0v) is 15.8. The van der Waals surface area contributed by atoms with Crippen LogP contribution in [0.2, 0.25) is 0 Å². The van der Waals surface area contributed by atoms with E-state index in [0.29, 0.717) is 11.3 Å². The smallest absolute Gasteiger partial charge is 0.349 e. The summed E-state index contributed by atoms with van der Waals surface area (Å²) < 4.78 is 14.6. The molecular formula is C21H18N2O6. The van der Waals surface area contributed by atoms with Crippen molar-refractivity contribution in [2.75, 3.05) is 26.1 Å². The minimum Gasteiger partial charge on any atom is -0.497 e. The second-order valence-electron chi connectivity index (χ2n) is 5.61. The number of esters is 2. The topological polar surface area (TPSA) is 115 Å². The van der Waals surface area contributed by atoms with Crippen molar-refractivity contribution in [3.8, 4) is 11.8 Å². The highest BCUT2D eigenvalue weighted by Crippen LogP contribution is 2.17. The summed E-state index contributed by atoms with van der Waals surface area (Å²) in [5, 5.41) is 11.7. The molecule has 0 aliphatic rings. The number of benzene rings is 2. The SMILES string of the molecule is COC(=O)c1ccccc1NC(=O)COC(=O)/C(C#N)=C/c1cccc(OC)c1. The van der Waals surface area contributed by atoms with E-state index < -0.39 is 24.5 Å². The van der Waals surface area contributed by atoms with Gasteiger partial charge in [-0.3, -0.25) is 4.79 Å². The molecule has 0 aromatic heterocycles. The van der Waals surface area contributed by atoms with Gasteiger partial charge in [-0.25, -0.2) is 9.59 Å². The third-order valence-electron chi connectivity index (χ3n) is 3.69. The van der Waals surface area contributed by atoms with Crippen LogP contribution in [0.5, 0.6) is 5.75 Å². The van der Waals surface area contributed by atoms with E-state index in [9.17, 15) is 19.6 Å². The van der Waals surface area contributed by atoms with Crippen molar-refractivity contribution in [1.29, 1.82) is 5.26 Å². The Morgan fingerprint density at radius 2 is 1.86 bits per heavy atom. The van der Waals surface area contributed by atoms with Crippen molar-refractivity contribution in [3.05, 3.63) is 65.2 Å². The molecule has 29 heavy (non-hydrogen) atoms. The van der Waals surface area contributed by atoms with Gasteiger partial charge in [-0.05, 0) is 35.9 Å². The fourth-order valence-corrected chi connectivity index (χ4v) is 2.31. The third-order valence-corrected chi connectivity index (χ3v) is 3.69. The molecule has 2 rings (SSSR count). The Balaban J connectivity index is 2.02. The Labute approximate surface area is 167 Å². The van der Waals surface area contributed by atoms with E-state index in [-0.39, 0.29) is 16.8 Å². The molecular weight excluding hydrogens is 376 g/mol. The van der Waals surface area contributed by atoms with Crippen LogP contribution in [0.3, 0.4) is 0 Å². The molecule has 1 amide bonds. The second-order valence-corrected chi connectivity index (χ2v) is 5.61. The lowest BCUT2D eigenvalue weighted by Gasteiger charge is -2.09. The number of hydrogen-bond donors (Lipinski definition) is 1. The van der Waals surface area contributed by atoms with E-state index in [1.54, 1.807) is 42.5 Å². The molecule has 2 aromatic rings. The van der Waals surface area contributed by atoms with Crippen molar-refractivity contribution in [2.45, 2.75) is 0 Å². The summed E-state index contributed by atoms with van der Waals surface area (Å²) in [6.45, 7) is -0.633. The van der Waals surface area contributed by atoms with Gasteiger partial charge in [-0.15, -0.1) is 0 Å². The summed E-state index contributed by atoms with van der Waals surface area (Å²) in [5.74, 6) is -1.68. The summed E-state index contributed by atoms with van der Waals surface area (Å²) in [5.41, 5.74) is 0.661. The molecule has 0 aliphatic carbocycles. The molecule has 0 radical (unpaired) electrons. The number of methoxy groups -OCH3 is 2. The van der Waals surface area contributed by atoms with Gasteiger partial charge in [0.25, 0.3) is 5.91 Å². The van der Waals surface area contributed by atoms with Crippen LogP contribution in [-0.2, 0) is 19.1 Å². The highest BCUT2D eigenvalue weighted by Gasteiger charge is 2.16. The number of carbonyl (C=O) groups excluding carboxylic acids is 3. The van der Waals surface area contributed by atoms with E-state index in [0.717, 1.165) is 0 Å². The molecule has 0 heterocycles. The molecule has 148 valence electrons. The first kappa shape index (κ1) is 21.2. The van der Waals surface area contributed by atoms with Gasteiger partial charge in [-0.2, -0.15) is 5.26 Å². The third kappa shape index (κ3) is 5.94. The molecule has 0 unspecified atom stereocenters. The fraction of sp³-hybridized carbons (Fsp3) is 0.143. The first-order chi connectivity index (χ1) is 14.0. The van der Waals surface area contributed by atoms with Crippen molar-refractivity contribution in [3.63, 3.8) is 0 Å². The number of nitrogens with one attached hydrogen (secondary N) is 1. The highest BCUT2D eigenvalue weighted by molar-refractivity contribution is 6.03. The standard InChI is InChI=1S/C21H18N2O6/c1-27-16-7-5-6-14(11-16)10-15(12-22)20(25)29-13-19(24)23-18-9-4-3-8-17(18)21(26)28-2/h3-11H,13H2,1-2H3,(H,23,24)/b15-10+. The number of carbonyl (C=O) groups is 3. The van der Waals surface area contributed by atoms with Crippen molar-refractivity contribution in [1.82, 2.24) is 0 Å². The van der Waals surface area contributed by atoms with E-state index in [2.05, 4.69) is 10.1 Å². The summed E-state index contributed by atoms with van der Waals surface area (Å²) in [6, 6.07) is 14.7. The zero-order valence-electron chi connectivity index (χ0n) is 15.8. The largest absolute Gasteiger partial charge is 0.497 e. The van der Waals surface area contributed by atoms with Gasteiger partial charge in [0.15, 0.2) is 6.61 Å². The average Bonchev–Trinajstić information content (AvgIpc) is 2.75. The molecule has 2 aromatic carbocycles. The number of ether oxygens (including phenoxy) is 3. The summed E-state index contributed by atoms with van der Waals surface area (Å²) in [7, 11) is 2.72. The van der Waals surface area contributed by atoms with Crippen molar-refractivity contribution in [2.24, 2.45) is 0 Å². The molecule has 0 spiro atoms. The molecule has 0 saturated carbocycles. The molecule has 0 fully saturated rings. The maximum absolute atomic E-state index is 12.1. The van der Waals surface area contributed by atoms with Crippen LogP contribution in [0.15, 0.2) is 54.1 Å². The Kier molecular flexibility index (Phi) is 7.51. The Hall–Kier alpha value is -4.12. The molecule has 8 heteroatoms. The van der Waals surface area contributed by atoms with Crippen LogP contribution in [0, 0.1) is 11.3 Å². The molecule has 8 nitrogen and oxygen atoms in total. The van der Waals surface area contributed by atoms with Gasteiger partial charge in [0.05, 0.1) is 25.5 Å². The minimum absolute atomic E-state index is 0.158. The normalized spacial score (nSPS) is 10.4. The van der Waals surface area contributed by atoms with Crippen LogP contribution < -0.4 is 10.1 Å². The molecule has 0 bridgehead atoms. The van der Waals surface area contributed by atoms with Crippen LogP contribution >= 0.6 is 0 Å². The summed E-state index contributed by atoms with van der Waals surface area (Å²) >= 11 is 0. The maximum Gasteiger partial charge on any atom is 0.349 e. The first-order valence-corrected chi connectivity index (χ1v) is 8.38. The van der Waals surface area contributed by atoms with E-state index in [4.69, 9.17) is 9.47 Å². The van der Waals surface area contributed by atoms with Crippen LogP contribution in [0.1, 0.15) is 15.9 Å². The highest BCUT2D eigenvalue weighted by atomic mass is 16.5. The molecule has 1 N–H and O–H groups in total. The van der Waals surface area contributed by atoms with Crippen LogP contribution in [0.4, 0.5) is 5.69 Å². The lowest BCUT2D eigenvalue weighted by atomic mass is 10.1. The van der Waals surface area contributed by atoms with Gasteiger partial charge in [0, 0.05) is 0 Å². The van der Waals surface area contributed by atoms with Crippen molar-refractivity contribution < 1.29 is 28.6 Å². The number of nitriles is 1. The Morgan fingerprint density at radius 1 is 1.10 bits per heavy atom. The van der Waals surface area contributed by atoms with Gasteiger partial charge < -0.3 is 19.5 Å². The zero-order chi connectivity index (χ0) is 21.2. The van der Waals surface area contributed by atoms with Crippen LogP contribution in [0.25, 0.3) is 6.08 Å². The second kappa shape index (κ2) is 10.3. The average molecular weight is 394 g/mol. The molecule has 0 atom stereocenters. The van der Waals surface area contributed by atoms with Gasteiger partial charge >= 0.3 is 11.9 Å². The van der Waals surface area contributed by atoms with E-state index in [1.165, 1.54) is 32.4 Å². The van der Waals surface area contributed by atoms with Gasteiger partial charge in [-0.1, -0.05) is 24.3 Å². The Morgan fingerprint density at radius 3 is 2.55 bits per heavy atom. The maximum atomic E-state index is 12.1. The molecule has 0 aliphatic heterocycles. The predicted molar refractivity (Wildman–Crippen MR) is 104 cm³/mol. The number of para-hydroxylation sites is 1. The number of nitrogens with zero attached hydrogens (tertiary/aromatic N) is 1. The summed E-state index contributed by atoms with van der Waals surface area (Å²) in [6.07, 6.45) is 1.33. The minimum atomic E-state index is -0.952. The van der Waals surface area contributed by atoms with Crippen molar-refractivity contribution >= 4 is 29.6 Å². The lowest BCUT2D eigenvalue weighted by Crippen LogP contribution is -2.22. The van der Waals surface area contributed by atoms with Gasteiger partial charge in [0.1, 0.15) is 17.4 Å². The monoisotopic (exact) mass is 394 g/mol. The van der Waals surface area contributed by atoms with E-state index in [1.807, 2.05) is 0 Å². The lowest BCUT2D eigenvalue weighted by molar-refractivity contribution is -0.142. The number of amides is 1. The van der Waals surface area contributed by atoms with Crippen LogP contribution in [-0.4, -0.2) is 38.7 Å². The Bertz CT molecular complexity index is 991.